The predicted molar refractivity (Wildman–Crippen MR) is 100 cm³/mol. The van der Waals surface area contributed by atoms with E-state index in [1.165, 1.54) is 17.8 Å². The van der Waals surface area contributed by atoms with E-state index in [2.05, 4.69) is 15.4 Å². The van der Waals surface area contributed by atoms with Gasteiger partial charge in [-0.3, -0.25) is 4.79 Å². The number of thioether (sulfide) groups is 1. The molecule has 4 rings (SSSR count). The molecule has 0 fully saturated rings. The van der Waals surface area contributed by atoms with Crippen molar-refractivity contribution in [3.63, 3.8) is 0 Å². The minimum absolute atomic E-state index is 0.0583. The van der Waals surface area contributed by atoms with Crippen LogP contribution in [0.5, 0.6) is 0 Å². The highest BCUT2D eigenvalue weighted by atomic mass is 35.5. The minimum Gasteiger partial charge on any atom is -0.310 e. The van der Waals surface area contributed by atoms with Crippen LogP contribution in [-0.4, -0.2) is 26.4 Å². The second-order valence-corrected chi connectivity index (χ2v) is 7.36. The Morgan fingerprint density at radius 1 is 1.35 bits per heavy atom. The Balaban J connectivity index is 1.89. The van der Waals surface area contributed by atoms with Crippen molar-refractivity contribution in [2.75, 3.05) is 11.1 Å². The van der Waals surface area contributed by atoms with Crippen LogP contribution in [0.3, 0.4) is 0 Å². The Hall–Kier alpha value is -2.38. The third-order valence-corrected chi connectivity index (χ3v) is 5.68. The van der Waals surface area contributed by atoms with Crippen molar-refractivity contribution in [2.45, 2.75) is 12.2 Å². The molecule has 0 spiro atoms. The fraction of sp³-hybridized carbons (Fsp3) is 0.167. The second kappa shape index (κ2) is 6.74. The molecular weight excluding hydrogens is 375 g/mol. The third kappa shape index (κ3) is 2.97. The summed E-state index contributed by atoms with van der Waals surface area (Å²) in [6.07, 6.45) is 1.67. The van der Waals surface area contributed by atoms with Crippen molar-refractivity contribution in [1.29, 1.82) is 0 Å². The average molecular weight is 389 g/mol. The van der Waals surface area contributed by atoms with Crippen LogP contribution < -0.4 is 5.32 Å². The largest absolute Gasteiger partial charge is 0.310 e. The van der Waals surface area contributed by atoms with Gasteiger partial charge in [0, 0.05) is 11.8 Å². The number of hydrogen-bond acceptors (Lipinski definition) is 4. The molecule has 3 heterocycles. The standard InChI is InChI=1S/C18H14ClFN4OS/c1-10-16-17(11-5-6-13(20)12(19)8-11)26-9-15(25)22-18(16)24(23-10)14-4-2-3-7-21-14/h2-8,17H,9H2,1H3,(H,22,25)/t17-/m1/s1. The first kappa shape index (κ1) is 17.1. The molecule has 1 aromatic carbocycles. The number of halogens is 2. The summed E-state index contributed by atoms with van der Waals surface area (Å²) in [6.45, 7) is 1.88. The molecule has 0 saturated carbocycles. The fourth-order valence-electron chi connectivity index (χ4n) is 2.97. The summed E-state index contributed by atoms with van der Waals surface area (Å²) in [6, 6.07) is 10.1. The highest BCUT2D eigenvalue weighted by molar-refractivity contribution is 8.00. The zero-order valence-corrected chi connectivity index (χ0v) is 15.3. The van der Waals surface area contributed by atoms with Gasteiger partial charge in [-0.05, 0) is 36.8 Å². The molecule has 1 atom stereocenters. The van der Waals surface area contributed by atoms with Crippen LogP contribution in [0.25, 0.3) is 5.82 Å². The van der Waals surface area contributed by atoms with Gasteiger partial charge < -0.3 is 5.32 Å². The number of anilines is 1. The summed E-state index contributed by atoms with van der Waals surface area (Å²) in [5.41, 5.74) is 2.46. The molecular formula is C18H14ClFN4OS. The number of pyridine rings is 1. The van der Waals surface area contributed by atoms with Gasteiger partial charge in [0.15, 0.2) is 5.82 Å². The van der Waals surface area contributed by atoms with Crippen molar-refractivity contribution in [2.24, 2.45) is 0 Å². The smallest absolute Gasteiger partial charge is 0.235 e. The lowest BCUT2D eigenvalue weighted by molar-refractivity contribution is -0.113. The maximum absolute atomic E-state index is 13.6. The summed E-state index contributed by atoms with van der Waals surface area (Å²) < 4.78 is 15.2. The molecule has 5 nitrogen and oxygen atoms in total. The lowest BCUT2D eigenvalue weighted by Crippen LogP contribution is -2.16. The molecule has 0 bridgehead atoms. The molecule has 2 aromatic heterocycles. The highest BCUT2D eigenvalue weighted by Gasteiger charge is 2.31. The van der Waals surface area contributed by atoms with E-state index in [0.717, 1.165) is 16.8 Å². The molecule has 1 aliphatic heterocycles. The number of nitrogens with one attached hydrogen (secondary N) is 1. The van der Waals surface area contributed by atoms with Gasteiger partial charge in [0.25, 0.3) is 0 Å². The SMILES string of the molecule is Cc1nn(-c2ccccn2)c2c1[C@@H](c1ccc(F)c(Cl)c1)SCC(=O)N2. The van der Waals surface area contributed by atoms with Crippen molar-refractivity contribution in [3.05, 3.63) is 70.3 Å². The van der Waals surface area contributed by atoms with E-state index in [0.29, 0.717) is 11.6 Å². The first-order valence-electron chi connectivity index (χ1n) is 7.92. The molecule has 0 unspecified atom stereocenters. The van der Waals surface area contributed by atoms with Crippen LogP contribution in [0.4, 0.5) is 10.2 Å². The third-order valence-electron chi connectivity index (χ3n) is 4.12. The number of hydrogen-bond donors (Lipinski definition) is 1. The Morgan fingerprint density at radius 3 is 2.92 bits per heavy atom. The van der Waals surface area contributed by atoms with E-state index >= 15 is 0 Å². The number of nitrogens with zero attached hydrogens (tertiary/aromatic N) is 3. The maximum Gasteiger partial charge on any atom is 0.235 e. The highest BCUT2D eigenvalue weighted by Crippen LogP contribution is 2.44. The number of fused-ring (bicyclic) bond motifs is 1. The van der Waals surface area contributed by atoms with Crippen LogP contribution in [0.1, 0.15) is 22.1 Å². The van der Waals surface area contributed by atoms with E-state index in [1.54, 1.807) is 23.0 Å². The predicted octanol–water partition coefficient (Wildman–Crippen LogP) is 4.14. The summed E-state index contributed by atoms with van der Waals surface area (Å²) in [4.78, 5) is 16.6. The Labute approximate surface area is 158 Å². The second-order valence-electron chi connectivity index (χ2n) is 5.86. The van der Waals surface area contributed by atoms with Gasteiger partial charge in [-0.2, -0.15) is 9.78 Å². The van der Waals surface area contributed by atoms with Gasteiger partial charge in [0.05, 0.1) is 21.7 Å². The Kier molecular flexibility index (Phi) is 4.42. The quantitative estimate of drug-likeness (QED) is 0.716. The van der Waals surface area contributed by atoms with Crippen LogP contribution in [-0.2, 0) is 4.79 Å². The average Bonchev–Trinajstić information content (AvgIpc) is 2.84. The van der Waals surface area contributed by atoms with Crippen molar-refractivity contribution < 1.29 is 9.18 Å². The molecule has 3 aromatic rings. The van der Waals surface area contributed by atoms with Crippen LogP contribution in [0, 0.1) is 12.7 Å². The monoisotopic (exact) mass is 388 g/mol. The number of aromatic nitrogens is 3. The Bertz CT molecular complexity index is 992. The first-order valence-corrected chi connectivity index (χ1v) is 9.34. The van der Waals surface area contributed by atoms with E-state index in [1.807, 2.05) is 25.1 Å². The zero-order valence-electron chi connectivity index (χ0n) is 13.7. The lowest BCUT2D eigenvalue weighted by Gasteiger charge is -2.15. The number of aryl methyl sites for hydroxylation is 1. The number of amides is 1. The molecule has 0 radical (unpaired) electrons. The first-order chi connectivity index (χ1) is 12.5. The number of rotatable bonds is 2. The van der Waals surface area contributed by atoms with Gasteiger partial charge in [-0.1, -0.05) is 23.7 Å². The molecule has 0 aliphatic carbocycles. The van der Waals surface area contributed by atoms with Crippen LogP contribution in [0.2, 0.25) is 5.02 Å². The van der Waals surface area contributed by atoms with Crippen molar-refractivity contribution in [3.8, 4) is 5.82 Å². The van der Waals surface area contributed by atoms with E-state index < -0.39 is 5.82 Å². The molecule has 8 heteroatoms. The topological polar surface area (TPSA) is 59.8 Å². The summed E-state index contributed by atoms with van der Waals surface area (Å²) in [5, 5.41) is 7.37. The molecule has 1 aliphatic rings. The molecule has 26 heavy (non-hydrogen) atoms. The van der Waals surface area contributed by atoms with Crippen molar-refractivity contribution in [1.82, 2.24) is 14.8 Å². The van der Waals surface area contributed by atoms with E-state index in [4.69, 9.17) is 11.6 Å². The summed E-state index contributed by atoms with van der Waals surface area (Å²) >= 11 is 7.43. The molecule has 132 valence electrons. The number of carbonyl (C=O) groups is 1. The minimum atomic E-state index is -0.468. The number of carbonyl (C=O) groups excluding carboxylic acids is 1. The molecule has 1 amide bonds. The number of benzene rings is 1. The van der Waals surface area contributed by atoms with E-state index in [9.17, 15) is 9.18 Å². The van der Waals surface area contributed by atoms with E-state index in [-0.39, 0.29) is 21.9 Å². The lowest BCUT2D eigenvalue weighted by atomic mass is 10.0. The maximum atomic E-state index is 13.6. The van der Waals surface area contributed by atoms with Gasteiger partial charge in [-0.25, -0.2) is 9.37 Å². The Morgan fingerprint density at radius 2 is 2.19 bits per heavy atom. The van der Waals surface area contributed by atoms with Gasteiger partial charge in [0.1, 0.15) is 11.6 Å². The zero-order chi connectivity index (χ0) is 18.3. The van der Waals surface area contributed by atoms with Gasteiger partial charge >= 0.3 is 0 Å². The van der Waals surface area contributed by atoms with Crippen LogP contribution >= 0.6 is 23.4 Å². The molecule has 0 saturated heterocycles. The molecule has 1 N–H and O–H groups in total. The fourth-order valence-corrected chi connectivity index (χ4v) is 4.33. The van der Waals surface area contributed by atoms with Gasteiger partial charge in [-0.15, -0.1) is 11.8 Å². The normalized spacial score (nSPS) is 16.7. The van der Waals surface area contributed by atoms with Gasteiger partial charge in [0.2, 0.25) is 5.91 Å². The van der Waals surface area contributed by atoms with Crippen molar-refractivity contribution >= 4 is 35.1 Å². The summed E-state index contributed by atoms with van der Waals surface area (Å²) in [7, 11) is 0. The summed E-state index contributed by atoms with van der Waals surface area (Å²) in [5.74, 6) is 0.880. The van der Waals surface area contributed by atoms with Crippen LogP contribution in [0.15, 0.2) is 42.6 Å².